The van der Waals surface area contributed by atoms with Crippen molar-refractivity contribution < 1.29 is 23.5 Å². The Morgan fingerprint density at radius 1 is 0.973 bits per heavy atom. The van der Waals surface area contributed by atoms with Crippen molar-refractivity contribution in [3.05, 3.63) is 59.4 Å². The molecule has 1 saturated carbocycles. The Balaban J connectivity index is 0.000000206. The van der Waals surface area contributed by atoms with Gasteiger partial charge in [-0.1, -0.05) is 38.7 Å². The number of benzene rings is 2. The van der Waals surface area contributed by atoms with E-state index in [1.54, 1.807) is 0 Å². The number of halogens is 1. The number of amides is 1. The molecule has 6 nitrogen and oxygen atoms in total. The highest BCUT2D eigenvalue weighted by Crippen LogP contribution is 2.31. The summed E-state index contributed by atoms with van der Waals surface area (Å²) in [6.45, 7) is 7.99. The first-order valence-corrected chi connectivity index (χ1v) is 13.5. The second-order valence-electron chi connectivity index (χ2n) is 10.1. The third-order valence-corrected chi connectivity index (χ3v) is 7.29. The van der Waals surface area contributed by atoms with Crippen LogP contribution in [0, 0.1) is 11.7 Å². The summed E-state index contributed by atoms with van der Waals surface area (Å²) in [6, 6.07) is 11.9. The lowest BCUT2D eigenvalue weighted by molar-refractivity contribution is -0.110. The van der Waals surface area contributed by atoms with Gasteiger partial charge in [0.2, 0.25) is 6.41 Å². The third kappa shape index (κ3) is 9.47. The summed E-state index contributed by atoms with van der Waals surface area (Å²) in [5.74, 6) is 2.34. The molecule has 202 valence electrons. The summed E-state index contributed by atoms with van der Waals surface area (Å²) in [6.07, 6.45) is 10.7. The molecule has 2 aromatic carbocycles. The average Bonchev–Trinajstić information content (AvgIpc) is 3.64. The second-order valence-corrected chi connectivity index (χ2v) is 10.1. The fraction of sp³-hybridized carbons (Fsp3) is 0.533. The van der Waals surface area contributed by atoms with Crippen LogP contribution in [-0.4, -0.2) is 56.0 Å². The van der Waals surface area contributed by atoms with Gasteiger partial charge in [0.25, 0.3) is 0 Å². The monoisotopic (exact) mass is 512 g/mol. The molecule has 0 bridgehead atoms. The number of hydrogen-bond donors (Lipinski definition) is 1. The van der Waals surface area contributed by atoms with Crippen molar-refractivity contribution in [2.24, 2.45) is 5.92 Å². The van der Waals surface area contributed by atoms with Crippen LogP contribution < -0.4 is 14.8 Å². The van der Waals surface area contributed by atoms with Crippen LogP contribution in [0.15, 0.2) is 42.5 Å². The molecule has 0 spiro atoms. The normalized spacial score (nSPS) is 18.5. The molecule has 3 aliphatic rings. The van der Waals surface area contributed by atoms with E-state index >= 15 is 0 Å². The first-order chi connectivity index (χ1) is 18.0. The molecule has 5 rings (SSSR count). The zero-order valence-electron chi connectivity index (χ0n) is 22.2. The van der Waals surface area contributed by atoms with Gasteiger partial charge in [0.05, 0.1) is 0 Å². The summed E-state index contributed by atoms with van der Waals surface area (Å²) in [7, 11) is 0. The first kappa shape index (κ1) is 28.6. The highest BCUT2D eigenvalue weighted by molar-refractivity contribution is 5.74. The van der Waals surface area contributed by atoms with Crippen molar-refractivity contribution in [2.45, 2.75) is 70.9 Å². The van der Waals surface area contributed by atoms with Crippen molar-refractivity contribution in [1.29, 1.82) is 0 Å². The zero-order chi connectivity index (χ0) is 26.5. The minimum atomic E-state index is -0.319. The molecular formula is C30H41FN2O4. The zero-order valence-corrected chi connectivity index (χ0v) is 22.2. The molecule has 2 aliphatic heterocycles. The van der Waals surface area contributed by atoms with Gasteiger partial charge in [-0.2, -0.15) is 0 Å². The Morgan fingerprint density at radius 2 is 1.62 bits per heavy atom. The highest BCUT2D eigenvalue weighted by Gasteiger charge is 2.26. The number of carbonyl (C=O) groups excluding carboxylic acids is 2. The molecular weight excluding hydrogens is 471 g/mol. The standard InChI is InChI=1S/C17H24N2O3.C7H5FO.C6H12/c1-13(19-6-2-3-7-19)15(18-12-20)10-14-4-5-16-17(11-14)22-9-8-21-16;8-7-3-1-6(5-9)2-4-7;1-6-4-2-3-5-6/h4-5,11-13,15H,2-3,6-10H2,1H3,(H,18,20);1-5H;6H,2-5H2,1H3. The van der Waals surface area contributed by atoms with E-state index in [1.807, 2.05) is 12.1 Å². The highest BCUT2D eigenvalue weighted by atomic mass is 19.1. The number of rotatable bonds is 7. The molecule has 1 saturated heterocycles. The molecule has 7 heteroatoms. The smallest absolute Gasteiger partial charge is 0.207 e. The van der Waals surface area contributed by atoms with Gasteiger partial charge in [0, 0.05) is 17.6 Å². The predicted molar refractivity (Wildman–Crippen MR) is 144 cm³/mol. The summed E-state index contributed by atoms with van der Waals surface area (Å²) in [5.41, 5.74) is 1.66. The fourth-order valence-electron chi connectivity index (χ4n) is 5.00. The van der Waals surface area contributed by atoms with Crippen molar-refractivity contribution in [1.82, 2.24) is 10.2 Å². The van der Waals surface area contributed by atoms with E-state index in [0.717, 1.165) is 48.9 Å². The van der Waals surface area contributed by atoms with E-state index in [9.17, 15) is 14.0 Å². The van der Waals surface area contributed by atoms with Crippen LogP contribution in [0.1, 0.15) is 68.3 Å². The number of likely N-dealkylation sites (tertiary alicyclic amines) is 1. The van der Waals surface area contributed by atoms with Crippen LogP contribution in [0.5, 0.6) is 11.5 Å². The maximum absolute atomic E-state index is 12.1. The lowest BCUT2D eigenvalue weighted by Crippen LogP contribution is -2.48. The number of carbonyl (C=O) groups is 2. The molecule has 0 radical (unpaired) electrons. The molecule has 1 amide bonds. The van der Waals surface area contributed by atoms with Gasteiger partial charge in [-0.15, -0.1) is 0 Å². The minimum Gasteiger partial charge on any atom is -0.486 e. The number of nitrogens with zero attached hydrogens (tertiary/aromatic N) is 1. The van der Waals surface area contributed by atoms with Crippen LogP contribution in [-0.2, 0) is 11.2 Å². The third-order valence-electron chi connectivity index (χ3n) is 7.29. The average molecular weight is 513 g/mol. The molecule has 2 heterocycles. The molecule has 2 fully saturated rings. The SMILES string of the molecule is CC(C(Cc1ccc2c(c1)OCCO2)NC=O)N1CCCC1.CC1CCCC1.O=Cc1ccc(F)cc1. The van der Waals surface area contributed by atoms with Crippen molar-refractivity contribution in [3.63, 3.8) is 0 Å². The van der Waals surface area contributed by atoms with E-state index in [1.165, 1.54) is 62.8 Å². The number of fused-ring (bicyclic) bond motifs is 1. The summed E-state index contributed by atoms with van der Waals surface area (Å²) in [5, 5.41) is 2.99. The van der Waals surface area contributed by atoms with E-state index in [-0.39, 0.29) is 11.9 Å². The van der Waals surface area contributed by atoms with Gasteiger partial charge in [-0.3, -0.25) is 14.5 Å². The Morgan fingerprint density at radius 3 is 2.19 bits per heavy atom. The van der Waals surface area contributed by atoms with E-state index in [0.29, 0.717) is 31.1 Å². The summed E-state index contributed by atoms with van der Waals surface area (Å²) in [4.78, 5) is 23.4. The summed E-state index contributed by atoms with van der Waals surface area (Å²) >= 11 is 0. The molecule has 1 N–H and O–H groups in total. The number of ether oxygens (including phenoxy) is 2. The molecule has 1 aliphatic carbocycles. The molecule has 0 aromatic heterocycles. The molecule has 2 unspecified atom stereocenters. The van der Waals surface area contributed by atoms with Crippen LogP contribution >= 0.6 is 0 Å². The lowest BCUT2D eigenvalue weighted by atomic mass is 9.99. The van der Waals surface area contributed by atoms with Crippen LogP contribution in [0.25, 0.3) is 0 Å². The number of nitrogens with one attached hydrogen (secondary N) is 1. The van der Waals surface area contributed by atoms with Crippen molar-refractivity contribution in [3.8, 4) is 11.5 Å². The Kier molecular flexibility index (Phi) is 11.9. The Hall–Kier alpha value is -2.93. The van der Waals surface area contributed by atoms with Gasteiger partial charge in [-0.25, -0.2) is 4.39 Å². The minimum absolute atomic E-state index is 0.109. The quantitative estimate of drug-likeness (QED) is 0.501. The topological polar surface area (TPSA) is 67.9 Å². The number of hydrogen-bond acceptors (Lipinski definition) is 5. The maximum atomic E-state index is 12.1. The molecule has 2 atom stereocenters. The second kappa shape index (κ2) is 15.4. The van der Waals surface area contributed by atoms with Crippen LogP contribution in [0.4, 0.5) is 4.39 Å². The molecule has 2 aromatic rings. The summed E-state index contributed by atoms with van der Waals surface area (Å²) < 4.78 is 23.3. The lowest BCUT2D eigenvalue weighted by Gasteiger charge is -2.31. The largest absolute Gasteiger partial charge is 0.486 e. The van der Waals surface area contributed by atoms with Gasteiger partial charge in [0.1, 0.15) is 25.3 Å². The Bertz CT molecular complexity index is 957. The number of aldehydes is 1. The van der Waals surface area contributed by atoms with Crippen molar-refractivity contribution >= 4 is 12.7 Å². The van der Waals surface area contributed by atoms with Gasteiger partial charge in [-0.05, 0) is 87.2 Å². The van der Waals surface area contributed by atoms with Gasteiger partial charge < -0.3 is 14.8 Å². The fourth-order valence-corrected chi connectivity index (χ4v) is 5.00. The molecule has 37 heavy (non-hydrogen) atoms. The van der Waals surface area contributed by atoms with E-state index in [4.69, 9.17) is 9.47 Å². The Labute approximate surface area is 220 Å². The van der Waals surface area contributed by atoms with Gasteiger partial charge in [0.15, 0.2) is 11.5 Å². The maximum Gasteiger partial charge on any atom is 0.207 e. The van der Waals surface area contributed by atoms with Gasteiger partial charge >= 0.3 is 0 Å². The predicted octanol–water partition coefficient (Wildman–Crippen LogP) is 5.43. The van der Waals surface area contributed by atoms with E-state index < -0.39 is 0 Å². The first-order valence-electron chi connectivity index (χ1n) is 13.5. The van der Waals surface area contributed by atoms with Crippen LogP contribution in [0.3, 0.4) is 0 Å². The van der Waals surface area contributed by atoms with Crippen LogP contribution in [0.2, 0.25) is 0 Å². The van der Waals surface area contributed by atoms with Crippen molar-refractivity contribution in [2.75, 3.05) is 26.3 Å². The van der Waals surface area contributed by atoms with E-state index in [2.05, 4.69) is 30.1 Å².